The number of nitrogens with zero attached hydrogens (tertiary/aromatic N) is 1. The lowest BCUT2D eigenvalue weighted by Crippen LogP contribution is -2.55. The molecule has 0 saturated carbocycles. The highest BCUT2D eigenvalue weighted by Crippen LogP contribution is 2.25. The molecule has 1 saturated heterocycles. The van der Waals surface area contributed by atoms with Crippen molar-refractivity contribution in [3.05, 3.63) is 29.8 Å². The van der Waals surface area contributed by atoms with Crippen LogP contribution in [-0.4, -0.2) is 34.7 Å². The Kier molecular flexibility index (Phi) is 3.93. The molecule has 1 heterocycles. The Morgan fingerprint density at radius 3 is 2.61 bits per heavy atom. The first-order valence-electron chi connectivity index (χ1n) is 6.78. The first-order valence-corrected chi connectivity index (χ1v) is 6.78. The summed E-state index contributed by atoms with van der Waals surface area (Å²) in [4.78, 5) is 2.49. The highest BCUT2D eigenvalue weighted by Gasteiger charge is 2.34. The molecule has 3 nitrogen and oxygen atoms in total. The Bertz CT molecular complexity index is 397. The first kappa shape index (κ1) is 13.4. The van der Waals surface area contributed by atoms with E-state index in [-0.39, 0.29) is 11.6 Å². The molecule has 1 aromatic carbocycles. The van der Waals surface area contributed by atoms with Crippen LogP contribution >= 0.6 is 0 Å². The predicted molar refractivity (Wildman–Crippen MR) is 74.7 cm³/mol. The second kappa shape index (κ2) is 5.29. The molecule has 1 aliphatic rings. The molecule has 100 valence electrons. The average Bonchev–Trinajstić information content (AvgIpc) is 2.82. The third-order valence-electron chi connectivity index (χ3n) is 4.19. The number of likely N-dealkylation sites (tertiary alicyclic amines) is 1. The van der Waals surface area contributed by atoms with E-state index in [0.29, 0.717) is 5.75 Å². The minimum absolute atomic E-state index is 0.0158. The van der Waals surface area contributed by atoms with Gasteiger partial charge in [0, 0.05) is 11.6 Å². The van der Waals surface area contributed by atoms with E-state index in [4.69, 9.17) is 5.73 Å². The van der Waals surface area contributed by atoms with Crippen LogP contribution in [0, 0.1) is 0 Å². The smallest absolute Gasteiger partial charge is 0.115 e. The quantitative estimate of drug-likeness (QED) is 0.858. The molecule has 0 spiro atoms. The molecule has 3 N–H and O–H groups in total. The van der Waals surface area contributed by atoms with Gasteiger partial charge in [-0.3, -0.25) is 4.90 Å². The SMILES string of the molecule is CC(C)(C(N)Cc1cccc(O)c1)N1CCCC1. The summed E-state index contributed by atoms with van der Waals surface area (Å²) in [5.41, 5.74) is 7.51. The zero-order valence-corrected chi connectivity index (χ0v) is 11.4. The fourth-order valence-corrected chi connectivity index (χ4v) is 2.72. The van der Waals surface area contributed by atoms with Crippen LogP contribution in [0.2, 0.25) is 0 Å². The van der Waals surface area contributed by atoms with Gasteiger partial charge < -0.3 is 10.8 Å². The van der Waals surface area contributed by atoms with Crippen LogP contribution in [0.4, 0.5) is 0 Å². The van der Waals surface area contributed by atoms with Gasteiger partial charge in [0.05, 0.1) is 0 Å². The molecule has 1 atom stereocenters. The Morgan fingerprint density at radius 2 is 2.00 bits per heavy atom. The summed E-state index contributed by atoms with van der Waals surface area (Å²) in [5.74, 6) is 0.318. The molecule has 1 fully saturated rings. The summed E-state index contributed by atoms with van der Waals surface area (Å²) in [7, 11) is 0. The maximum atomic E-state index is 9.49. The average molecular weight is 248 g/mol. The molecule has 0 aromatic heterocycles. The molecular weight excluding hydrogens is 224 g/mol. The Labute approximate surface area is 110 Å². The number of benzene rings is 1. The van der Waals surface area contributed by atoms with E-state index in [1.165, 1.54) is 12.8 Å². The lowest BCUT2D eigenvalue weighted by molar-refractivity contribution is 0.123. The summed E-state index contributed by atoms with van der Waals surface area (Å²) < 4.78 is 0. The molecule has 0 radical (unpaired) electrons. The van der Waals surface area contributed by atoms with Gasteiger partial charge in [0.25, 0.3) is 0 Å². The molecule has 1 aromatic rings. The summed E-state index contributed by atoms with van der Waals surface area (Å²) in [6.45, 7) is 6.76. The van der Waals surface area contributed by atoms with E-state index in [9.17, 15) is 5.11 Å². The topological polar surface area (TPSA) is 49.5 Å². The lowest BCUT2D eigenvalue weighted by Gasteiger charge is -2.40. The molecule has 1 aliphatic heterocycles. The highest BCUT2D eigenvalue weighted by molar-refractivity contribution is 5.28. The van der Waals surface area contributed by atoms with Crippen LogP contribution in [0.5, 0.6) is 5.75 Å². The van der Waals surface area contributed by atoms with Crippen LogP contribution < -0.4 is 5.73 Å². The van der Waals surface area contributed by atoms with Crippen LogP contribution in [0.3, 0.4) is 0 Å². The normalized spacial score (nSPS) is 19.1. The molecule has 0 bridgehead atoms. The minimum atomic E-state index is 0.0158. The summed E-state index contributed by atoms with van der Waals surface area (Å²) in [6, 6.07) is 7.48. The standard InChI is InChI=1S/C15H24N2O/c1-15(2,17-8-3-4-9-17)14(16)11-12-6-5-7-13(18)10-12/h5-7,10,14,18H,3-4,8-9,11,16H2,1-2H3. The van der Waals surface area contributed by atoms with Crippen molar-refractivity contribution >= 4 is 0 Å². The number of rotatable bonds is 4. The Morgan fingerprint density at radius 1 is 1.33 bits per heavy atom. The predicted octanol–water partition coefficient (Wildman–Crippen LogP) is 2.14. The lowest BCUT2D eigenvalue weighted by atomic mass is 9.88. The van der Waals surface area contributed by atoms with Gasteiger partial charge in [0.2, 0.25) is 0 Å². The zero-order valence-electron chi connectivity index (χ0n) is 11.4. The highest BCUT2D eigenvalue weighted by atomic mass is 16.3. The van der Waals surface area contributed by atoms with Gasteiger partial charge in [-0.15, -0.1) is 0 Å². The number of phenolic OH excluding ortho intramolecular Hbond substituents is 1. The van der Waals surface area contributed by atoms with E-state index in [0.717, 1.165) is 25.1 Å². The second-order valence-corrected chi connectivity index (χ2v) is 5.83. The van der Waals surface area contributed by atoms with Crippen molar-refractivity contribution in [2.45, 2.75) is 44.7 Å². The van der Waals surface area contributed by atoms with Crippen molar-refractivity contribution in [3.8, 4) is 5.75 Å². The monoisotopic (exact) mass is 248 g/mol. The number of aromatic hydroxyl groups is 1. The van der Waals surface area contributed by atoms with Crippen LogP contribution in [0.25, 0.3) is 0 Å². The largest absolute Gasteiger partial charge is 0.508 e. The van der Waals surface area contributed by atoms with Crippen LogP contribution in [0.15, 0.2) is 24.3 Å². The van der Waals surface area contributed by atoms with E-state index < -0.39 is 0 Å². The summed E-state index contributed by atoms with van der Waals surface area (Å²) in [5, 5.41) is 9.49. The van der Waals surface area contributed by atoms with E-state index in [2.05, 4.69) is 18.7 Å². The van der Waals surface area contributed by atoms with Crippen molar-refractivity contribution in [3.63, 3.8) is 0 Å². The number of phenols is 1. The molecule has 0 amide bonds. The van der Waals surface area contributed by atoms with Gasteiger partial charge in [-0.05, 0) is 63.9 Å². The van der Waals surface area contributed by atoms with Crippen molar-refractivity contribution in [2.24, 2.45) is 5.73 Å². The summed E-state index contributed by atoms with van der Waals surface area (Å²) in [6.07, 6.45) is 3.36. The summed E-state index contributed by atoms with van der Waals surface area (Å²) >= 11 is 0. The van der Waals surface area contributed by atoms with Gasteiger partial charge in [0.1, 0.15) is 5.75 Å². The molecule has 2 rings (SSSR count). The van der Waals surface area contributed by atoms with E-state index in [1.54, 1.807) is 12.1 Å². The molecule has 18 heavy (non-hydrogen) atoms. The molecular formula is C15H24N2O. The number of hydrogen-bond donors (Lipinski definition) is 2. The van der Waals surface area contributed by atoms with Crippen molar-refractivity contribution < 1.29 is 5.11 Å². The second-order valence-electron chi connectivity index (χ2n) is 5.83. The number of nitrogens with two attached hydrogens (primary N) is 1. The Balaban J connectivity index is 2.04. The van der Waals surface area contributed by atoms with Crippen LogP contribution in [-0.2, 0) is 6.42 Å². The maximum absolute atomic E-state index is 9.49. The number of hydrogen-bond acceptors (Lipinski definition) is 3. The van der Waals surface area contributed by atoms with Gasteiger partial charge in [0.15, 0.2) is 0 Å². The maximum Gasteiger partial charge on any atom is 0.115 e. The van der Waals surface area contributed by atoms with Gasteiger partial charge in [-0.1, -0.05) is 12.1 Å². The molecule has 0 aliphatic carbocycles. The van der Waals surface area contributed by atoms with Gasteiger partial charge in [-0.2, -0.15) is 0 Å². The Hall–Kier alpha value is -1.06. The van der Waals surface area contributed by atoms with E-state index >= 15 is 0 Å². The fourth-order valence-electron chi connectivity index (χ4n) is 2.72. The zero-order chi connectivity index (χ0) is 13.2. The van der Waals surface area contributed by atoms with Gasteiger partial charge >= 0.3 is 0 Å². The van der Waals surface area contributed by atoms with Crippen molar-refractivity contribution in [1.82, 2.24) is 4.90 Å². The van der Waals surface area contributed by atoms with E-state index in [1.807, 2.05) is 12.1 Å². The molecule has 3 heteroatoms. The van der Waals surface area contributed by atoms with Crippen LogP contribution in [0.1, 0.15) is 32.3 Å². The first-order chi connectivity index (χ1) is 8.50. The fraction of sp³-hybridized carbons (Fsp3) is 0.600. The van der Waals surface area contributed by atoms with Gasteiger partial charge in [-0.25, -0.2) is 0 Å². The third kappa shape index (κ3) is 2.85. The minimum Gasteiger partial charge on any atom is -0.508 e. The molecule has 1 unspecified atom stereocenters. The van der Waals surface area contributed by atoms with Crippen molar-refractivity contribution in [1.29, 1.82) is 0 Å². The third-order valence-corrected chi connectivity index (χ3v) is 4.19. The van der Waals surface area contributed by atoms with Crippen molar-refractivity contribution in [2.75, 3.05) is 13.1 Å².